The number of nitrogens with zero attached hydrogens (tertiary/aromatic N) is 5. The van der Waals surface area contributed by atoms with E-state index < -0.39 is 5.54 Å². The molecule has 0 unspecified atom stereocenters. The second kappa shape index (κ2) is 8.51. The second-order valence-electron chi connectivity index (χ2n) is 7.60. The van der Waals surface area contributed by atoms with Crippen molar-refractivity contribution in [2.75, 3.05) is 0 Å². The van der Waals surface area contributed by atoms with Gasteiger partial charge in [-0.25, -0.2) is 4.68 Å². The molecule has 29 heavy (non-hydrogen) atoms. The van der Waals surface area contributed by atoms with E-state index in [1.165, 1.54) is 0 Å². The van der Waals surface area contributed by atoms with Crippen LogP contribution in [0.5, 0.6) is 5.75 Å². The third-order valence-electron chi connectivity index (χ3n) is 5.12. The van der Waals surface area contributed by atoms with Crippen molar-refractivity contribution in [3.05, 3.63) is 35.8 Å². The first-order valence-corrected chi connectivity index (χ1v) is 9.85. The number of rotatable bonds is 6. The van der Waals surface area contributed by atoms with Gasteiger partial charge in [-0.2, -0.15) is 4.98 Å². The Labute approximate surface area is 176 Å². The lowest BCUT2D eigenvalue weighted by Gasteiger charge is -2.17. The summed E-state index contributed by atoms with van der Waals surface area (Å²) in [4.78, 5) is 4.56. The Bertz CT molecular complexity index is 944. The Morgan fingerprint density at radius 3 is 2.52 bits per heavy atom. The minimum Gasteiger partial charge on any atom is -0.491 e. The molecule has 0 saturated heterocycles. The molecule has 1 saturated carbocycles. The van der Waals surface area contributed by atoms with Crippen molar-refractivity contribution in [1.82, 2.24) is 25.1 Å². The molecule has 0 atom stereocenters. The van der Waals surface area contributed by atoms with E-state index in [9.17, 15) is 0 Å². The molecule has 0 spiro atoms. The van der Waals surface area contributed by atoms with Crippen molar-refractivity contribution >= 4 is 12.4 Å². The van der Waals surface area contributed by atoms with Gasteiger partial charge >= 0.3 is 0 Å². The predicted octanol–water partition coefficient (Wildman–Crippen LogP) is 3.82. The van der Waals surface area contributed by atoms with Crippen LogP contribution in [0.15, 0.2) is 28.8 Å². The van der Waals surface area contributed by atoms with Crippen molar-refractivity contribution < 1.29 is 9.26 Å². The van der Waals surface area contributed by atoms with Crippen LogP contribution in [0, 0.1) is 0 Å². The smallest absolute Gasteiger partial charge is 0.280 e. The van der Waals surface area contributed by atoms with Gasteiger partial charge in [-0.05, 0) is 57.4 Å². The van der Waals surface area contributed by atoms with Gasteiger partial charge in [0.25, 0.3) is 5.89 Å². The SMILES string of the molecule is CCc1c(-c2nc(C3(N)CCCC3)no2)nnn1-c1ccc(OC(C)C)cc1.Cl. The summed E-state index contributed by atoms with van der Waals surface area (Å²) in [5.74, 6) is 1.75. The quantitative estimate of drug-likeness (QED) is 0.648. The van der Waals surface area contributed by atoms with Crippen molar-refractivity contribution in [1.29, 1.82) is 0 Å². The van der Waals surface area contributed by atoms with Crippen molar-refractivity contribution in [2.45, 2.75) is 64.5 Å². The molecule has 2 heterocycles. The maximum Gasteiger partial charge on any atom is 0.280 e. The molecular formula is C20H27ClN6O2. The van der Waals surface area contributed by atoms with Crippen LogP contribution < -0.4 is 10.5 Å². The van der Waals surface area contributed by atoms with Crippen LogP contribution in [0.25, 0.3) is 17.3 Å². The van der Waals surface area contributed by atoms with Crippen LogP contribution >= 0.6 is 12.4 Å². The first-order chi connectivity index (χ1) is 13.5. The van der Waals surface area contributed by atoms with Crippen LogP contribution in [0.1, 0.15) is 58.0 Å². The van der Waals surface area contributed by atoms with E-state index >= 15 is 0 Å². The summed E-state index contributed by atoms with van der Waals surface area (Å²) in [5.41, 5.74) is 8.37. The minimum atomic E-state index is -0.490. The highest BCUT2D eigenvalue weighted by Gasteiger charge is 2.36. The summed E-state index contributed by atoms with van der Waals surface area (Å²) in [7, 11) is 0. The van der Waals surface area contributed by atoms with Crippen molar-refractivity contribution in [3.63, 3.8) is 0 Å². The van der Waals surface area contributed by atoms with Gasteiger partial charge in [-0.15, -0.1) is 17.5 Å². The lowest BCUT2D eigenvalue weighted by Crippen LogP contribution is -2.34. The molecule has 0 bridgehead atoms. The molecule has 9 heteroatoms. The summed E-state index contributed by atoms with van der Waals surface area (Å²) in [6, 6.07) is 7.78. The summed E-state index contributed by atoms with van der Waals surface area (Å²) >= 11 is 0. The molecular weight excluding hydrogens is 392 g/mol. The monoisotopic (exact) mass is 418 g/mol. The van der Waals surface area contributed by atoms with Crippen molar-refractivity contribution in [3.8, 4) is 23.0 Å². The topological polar surface area (TPSA) is 105 Å². The number of halogens is 1. The number of hydrogen-bond acceptors (Lipinski definition) is 7. The summed E-state index contributed by atoms with van der Waals surface area (Å²) < 4.78 is 13.0. The van der Waals surface area contributed by atoms with Gasteiger partial charge in [0.15, 0.2) is 11.5 Å². The highest BCUT2D eigenvalue weighted by Crippen LogP contribution is 2.35. The van der Waals surface area contributed by atoms with Gasteiger partial charge in [-0.1, -0.05) is 30.1 Å². The average molecular weight is 419 g/mol. The fourth-order valence-corrected chi connectivity index (χ4v) is 3.68. The molecule has 1 aromatic carbocycles. The van der Waals surface area contributed by atoms with E-state index in [1.807, 2.05) is 45.0 Å². The molecule has 2 aromatic heterocycles. The van der Waals surface area contributed by atoms with Crippen LogP contribution in [0.4, 0.5) is 0 Å². The second-order valence-corrected chi connectivity index (χ2v) is 7.60. The Hall–Kier alpha value is -2.45. The Balaban J connectivity index is 0.00000240. The Kier molecular flexibility index (Phi) is 6.24. The fraction of sp³-hybridized carbons (Fsp3) is 0.500. The van der Waals surface area contributed by atoms with Gasteiger partial charge in [0.05, 0.1) is 23.0 Å². The van der Waals surface area contributed by atoms with Crippen LogP contribution in [-0.2, 0) is 12.0 Å². The standard InChI is InChI=1S/C20H26N6O2.ClH/c1-4-16-17(18-22-19(24-28-18)20(21)11-5-6-12-20)23-25-26(16)14-7-9-15(10-8-14)27-13(2)3;/h7-10,13H,4-6,11-12,21H2,1-3H3;1H. The molecule has 1 aliphatic rings. The lowest BCUT2D eigenvalue weighted by molar-refractivity contribution is 0.242. The number of hydrogen-bond donors (Lipinski definition) is 1. The lowest BCUT2D eigenvalue weighted by atomic mass is 9.99. The van der Waals surface area contributed by atoms with Crippen LogP contribution in [-0.4, -0.2) is 31.2 Å². The highest BCUT2D eigenvalue weighted by atomic mass is 35.5. The molecule has 8 nitrogen and oxygen atoms in total. The van der Waals surface area contributed by atoms with Crippen LogP contribution in [0.3, 0.4) is 0 Å². The number of benzene rings is 1. The first-order valence-electron chi connectivity index (χ1n) is 9.85. The van der Waals surface area contributed by atoms with E-state index in [4.69, 9.17) is 15.0 Å². The molecule has 156 valence electrons. The minimum absolute atomic E-state index is 0. The molecule has 1 fully saturated rings. The third kappa shape index (κ3) is 4.13. The number of aromatic nitrogens is 5. The van der Waals surface area contributed by atoms with Gasteiger partial charge in [-0.3, -0.25) is 0 Å². The zero-order valence-corrected chi connectivity index (χ0v) is 17.8. The molecule has 2 N–H and O–H groups in total. The summed E-state index contributed by atoms with van der Waals surface area (Å²) in [5, 5.41) is 12.8. The third-order valence-corrected chi connectivity index (χ3v) is 5.12. The molecule has 0 aliphatic heterocycles. The first kappa shape index (κ1) is 21.3. The molecule has 3 aromatic rings. The Morgan fingerprint density at radius 1 is 1.21 bits per heavy atom. The highest BCUT2D eigenvalue weighted by molar-refractivity contribution is 5.85. The van der Waals surface area contributed by atoms with E-state index in [1.54, 1.807) is 4.68 Å². The number of ether oxygens (including phenoxy) is 1. The zero-order valence-electron chi connectivity index (χ0n) is 17.0. The van der Waals surface area contributed by atoms with Gasteiger partial charge in [0.1, 0.15) is 5.75 Å². The fourth-order valence-electron chi connectivity index (χ4n) is 3.68. The van der Waals surface area contributed by atoms with E-state index in [0.717, 1.165) is 49.2 Å². The average Bonchev–Trinajstić information content (AvgIpc) is 3.40. The van der Waals surface area contributed by atoms with Gasteiger partial charge in [0, 0.05) is 0 Å². The Morgan fingerprint density at radius 2 is 1.90 bits per heavy atom. The van der Waals surface area contributed by atoms with Gasteiger partial charge in [0.2, 0.25) is 0 Å². The van der Waals surface area contributed by atoms with Gasteiger partial charge < -0.3 is 15.0 Å². The van der Waals surface area contributed by atoms with Crippen molar-refractivity contribution in [2.24, 2.45) is 5.73 Å². The number of nitrogens with two attached hydrogens (primary N) is 1. The van der Waals surface area contributed by atoms with E-state index in [0.29, 0.717) is 17.4 Å². The maximum absolute atomic E-state index is 6.45. The summed E-state index contributed by atoms with van der Waals surface area (Å²) in [6.45, 7) is 6.05. The molecule has 1 aliphatic carbocycles. The zero-order chi connectivity index (χ0) is 19.7. The summed E-state index contributed by atoms with van der Waals surface area (Å²) in [6.07, 6.45) is 4.79. The largest absolute Gasteiger partial charge is 0.491 e. The van der Waals surface area contributed by atoms with E-state index in [-0.39, 0.29) is 18.5 Å². The molecule has 0 amide bonds. The molecule has 4 rings (SSSR count). The normalized spacial score (nSPS) is 15.5. The maximum atomic E-state index is 6.45. The predicted molar refractivity (Wildman–Crippen MR) is 111 cm³/mol. The van der Waals surface area contributed by atoms with Crippen LogP contribution in [0.2, 0.25) is 0 Å². The molecule has 0 radical (unpaired) electrons. The van der Waals surface area contributed by atoms with E-state index in [2.05, 4.69) is 20.5 Å².